The monoisotopic (exact) mass is 655 g/mol. The molecule has 0 spiro atoms. The lowest BCUT2D eigenvalue weighted by molar-refractivity contribution is -0.171. The van der Waals surface area contributed by atoms with Crippen molar-refractivity contribution in [1.82, 2.24) is 4.90 Å². The van der Waals surface area contributed by atoms with Crippen LogP contribution in [0.25, 0.3) is 0 Å². The number of thiocarbonyl (C=S) groups is 1. The number of ether oxygens (including phenoxy) is 3. The highest BCUT2D eigenvalue weighted by atomic mass is 32.2. The Morgan fingerprint density at radius 3 is 2.05 bits per heavy atom. The summed E-state index contributed by atoms with van der Waals surface area (Å²) in [5, 5.41) is 0. The van der Waals surface area contributed by atoms with Gasteiger partial charge >= 0.3 is 5.97 Å². The van der Waals surface area contributed by atoms with E-state index in [1.165, 1.54) is 17.3 Å². The fourth-order valence-corrected chi connectivity index (χ4v) is 7.91. The third-order valence-electron chi connectivity index (χ3n) is 7.04. The van der Waals surface area contributed by atoms with Crippen LogP contribution < -0.4 is 0 Å². The van der Waals surface area contributed by atoms with Gasteiger partial charge in [-0.3, -0.25) is 9.59 Å². The van der Waals surface area contributed by atoms with Gasteiger partial charge in [0.25, 0.3) is 0 Å². The third-order valence-corrected chi connectivity index (χ3v) is 9.83. The SMILES string of the molecule is CC(C)O[C@H](C)C(=O)O[C@@H](C)C(=O)C(C)(C)OCCSC(=S)SC(C)(C)C(CC(C)(C)Cc1ccccc1)C(=O)N(C)C. The van der Waals surface area contributed by atoms with Gasteiger partial charge in [0.05, 0.1) is 18.6 Å². The Morgan fingerprint density at radius 1 is 0.930 bits per heavy atom. The van der Waals surface area contributed by atoms with E-state index in [-0.39, 0.29) is 35.7 Å². The van der Waals surface area contributed by atoms with Crippen molar-refractivity contribution in [3.63, 3.8) is 0 Å². The second kappa shape index (κ2) is 17.3. The minimum absolute atomic E-state index is 0.0926. The summed E-state index contributed by atoms with van der Waals surface area (Å²) in [7, 11) is 3.60. The van der Waals surface area contributed by atoms with Crippen LogP contribution in [0.2, 0.25) is 0 Å². The molecule has 10 heteroatoms. The number of esters is 1. The van der Waals surface area contributed by atoms with Crippen molar-refractivity contribution >= 4 is 56.9 Å². The average molecular weight is 656 g/mol. The first-order chi connectivity index (χ1) is 19.7. The van der Waals surface area contributed by atoms with Gasteiger partial charge in [0.15, 0.2) is 12.2 Å². The summed E-state index contributed by atoms with van der Waals surface area (Å²) in [5.74, 6) is -0.521. The molecule has 1 amide bonds. The molecule has 0 aliphatic heterocycles. The molecule has 0 bridgehead atoms. The molecular weight excluding hydrogens is 603 g/mol. The summed E-state index contributed by atoms with van der Waals surface area (Å²) in [6, 6.07) is 10.4. The second-order valence-electron chi connectivity index (χ2n) is 13.2. The molecule has 0 aliphatic rings. The van der Waals surface area contributed by atoms with E-state index in [0.29, 0.717) is 5.75 Å². The highest BCUT2D eigenvalue weighted by Gasteiger charge is 2.41. The number of ketones is 1. The summed E-state index contributed by atoms with van der Waals surface area (Å²) >= 11 is 8.74. The average Bonchev–Trinajstić information content (AvgIpc) is 2.88. The Labute approximate surface area is 273 Å². The number of amides is 1. The first-order valence-corrected chi connectivity index (χ1v) is 17.0. The molecule has 3 atom stereocenters. The number of hydrogen-bond donors (Lipinski definition) is 0. The van der Waals surface area contributed by atoms with Crippen LogP contribution in [-0.2, 0) is 35.0 Å². The molecule has 0 radical (unpaired) electrons. The topological polar surface area (TPSA) is 82.1 Å². The van der Waals surface area contributed by atoms with E-state index in [4.69, 9.17) is 26.4 Å². The molecule has 1 aromatic rings. The number of hydrogen-bond acceptors (Lipinski definition) is 9. The summed E-state index contributed by atoms with van der Waals surface area (Å²) in [4.78, 5) is 40.3. The van der Waals surface area contributed by atoms with Crippen molar-refractivity contribution in [3.05, 3.63) is 35.9 Å². The van der Waals surface area contributed by atoms with Crippen LogP contribution in [-0.4, -0.2) is 81.2 Å². The van der Waals surface area contributed by atoms with Crippen LogP contribution >= 0.6 is 35.7 Å². The maximum absolute atomic E-state index is 13.4. The van der Waals surface area contributed by atoms with E-state index in [9.17, 15) is 14.4 Å². The number of carbonyl (C=O) groups is 3. The predicted octanol–water partition coefficient (Wildman–Crippen LogP) is 6.99. The lowest BCUT2D eigenvalue weighted by atomic mass is 9.74. The number of Topliss-reactive ketones (excluding diaryl/α,β-unsaturated/α-hetero) is 1. The van der Waals surface area contributed by atoms with Crippen LogP contribution in [0.4, 0.5) is 0 Å². The van der Waals surface area contributed by atoms with Gasteiger partial charge in [-0.15, -0.1) is 23.5 Å². The third kappa shape index (κ3) is 14.0. The quantitative estimate of drug-likeness (QED) is 0.100. The van der Waals surface area contributed by atoms with Gasteiger partial charge in [0.1, 0.15) is 9.13 Å². The molecule has 0 fully saturated rings. The Bertz CT molecular complexity index is 1070. The molecule has 1 aromatic carbocycles. The van der Waals surface area contributed by atoms with Crippen LogP contribution in [0, 0.1) is 11.3 Å². The van der Waals surface area contributed by atoms with Crippen LogP contribution in [0.15, 0.2) is 30.3 Å². The fourth-order valence-electron chi connectivity index (χ4n) is 4.80. The van der Waals surface area contributed by atoms with E-state index >= 15 is 0 Å². The maximum Gasteiger partial charge on any atom is 0.335 e. The van der Waals surface area contributed by atoms with E-state index in [2.05, 4.69) is 39.8 Å². The van der Waals surface area contributed by atoms with Gasteiger partial charge in [-0.1, -0.05) is 56.4 Å². The van der Waals surface area contributed by atoms with E-state index in [1.807, 2.05) is 32.0 Å². The largest absolute Gasteiger partial charge is 0.453 e. The van der Waals surface area contributed by atoms with E-state index in [1.54, 1.807) is 58.5 Å². The highest BCUT2D eigenvalue weighted by molar-refractivity contribution is 8.47. The maximum atomic E-state index is 13.4. The Balaban J connectivity index is 2.73. The molecular formula is C33H53NO6S3. The molecule has 244 valence electrons. The first kappa shape index (κ1) is 39.6. The second-order valence-corrected chi connectivity index (χ2v) is 17.2. The lowest BCUT2D eigenvalue weighted by Crippen LogP contribution is -2.44. The van der Waals surface area contributed by atoms with Gasteiger partial charge < -0.3 is 19.1 Å². The van der Waals surface area contributed by atoms with Crippen LogP contribution in [0.1, 0.15) is 81.2 Å². The molecule has 0 aliphatic carbocycles. The first-order valence-electron chi connectivity index (χ1n) is 14.8. The van der Waals surface area contributed by atoms with Gasteiger partial charge in [-0.25, -0.2) is 4.79 Å². The zero-order chi connectivity index (χ0) is 33.2. The molecule has 0 N–H and O–H groups in total. The van der Waals surface area contributed by atoms with Crippen molar-refractivity contribution < 1.29 is 28.6 Å². The zero-order valence-corrected chi connectivity index (χ0v) is 30.6. The molecule has 43 heavy (non-hydrogen) atoms. The standard InChI is InChI=1S/C33H53NO6S3/c1-22(2)39-24(4)29(37)40-23(3)27(35)32(7,8)38-18-19-42-30(41)43-33(9,10)26(28(36)34(11)12)21-31(5,6)20-25-16-14-13-15-17-25/h13-17,22-24,26H,18-21H2,1-12H3/t23-,24+,26?/m0/s1. The summed E-state index contributed by atoms with van der Waals surface area (Å²) in [6.45, 7) is 19.0. The summed E-state index contributed by atoms with van der Waals surface area (Å²) in [6.07, 6.45) is -0.272. The molecule has 1 rings (SSSR count). The fraction of sp³-hybridized carbons (Fsp3) is 0.697. The zero-order valence-electron chi connectivity index (χ0n) is 28.1. The van der Waals surface area contributed by atoms with Crippen molar-refractivity contribution in [3.8, 4) is 0 Å². The van der Waals surface area contributed by atoms with Crippen molar-refractivity contribution in [2.75, 3.05) is 26.5 Å². The van der Waals surface area contributed by atoms with E-state index < -0.39 is 28.5 Å². The minimum atomic E-state index is -1.15. The number of nitrogens with zero attached hydrogens (tertiary/aromatic N) is 1. The number of benzene rings is 1. The molecule has 1 unspecified atom stereocenters. The molecule has 0 saturated heterocycles. The number of rotatable bonds is 17. The summed E-state index contributed by atoms with van der Waals surface area (Å²) < 4.78 is 17.0. The van der Waals surface area contributed by atoms with Gasteiger partial charge in [-0.2, -0.15) is 0 Å². The van der Waals surface area contributed by atoms with Gasteiger partial charge in [0, 0.05) is 24.6 Å². The predicted molar refractivity (Wildman–Crippen MR) is 184 cm³/mol. The Hall–Kier alpha value is -1.46. The van der Waals surface area contributed by atoms with Crippen molar-refractivity contribution in [1.29, 1.82) is 0 Å². The number of carbonyl (C=O) groups excluding carboxylic acids is 3. The Kier molecular flexibility index (Phi) is 15.9. The Morgan fingerprint density at radius 2 is 1.51 bits per heavy atom. The van der Waals surface area contributed by atoms with Gasteiger partial charge in [0.2, 0.25) is 11.7 Å². The van der Waals surface area contributed by atoms with Gasteiger partial charge in [-0.05, 0) is 79.2 Å². The minimum Gasteiger partial charge on any atom is -0.453 e. The molecule has 7 nitrogen and oxygen atoms in total. The van der Waals surface area contributed by atoms with Crippen LogP contribution in [0.3, 0.4) is 0 Å². The lowest BCUT2D eigenvalue weighted by Gasteiger charge is -2.39. The highest BCUT2D eigenvalue weighted by Crippen LogP contribution is 2.43. The van der Waals surface area contributed by atoms with Crippen LogP contribution in [0.5, 0.6) is 0 Å². The summed E-state index contributed by atoms with van der Waals surface area (Å²) in [5.41, 5.74) is 0.00862. The van der Waals surface area contributed by atoms with E-state index in [0.717, 1.165) is 16.4 Å². The normalized spacial score (nSPS) is 14.6. The molecule has 0 aromatic heterocycles. The van der Waals surface area contributed by atoms with Crippen molar-refractivity contribution in [2.24, 2.45) is 11.3 Å². The molecule has 0 heterocycles. The number of thioether (sulfide) groups is 2. The van der Waals surface area contributed by atoms with Crippen molar-refractivity contribution in [2.45, 2.75) is 111 Å². The molecule has 0 saturated carbocycles. The smallest absolute Gasteiger partial charge is 0.335 e.